The van der Waals surface area contributed by atoms with E-state index in [1.54, 1.807) is 4.90 Å². The van der Waals surface area contributed by atoms with Gasteiger partial charge in [-0.05, 0) is 50.1 Å². The summed E-state index contributed by atoms with van der Waals surface area (Å²) in [5.74, 6) is 0.816. The number of carbonyl (C=O) groups is 2. The van der Waals surface area contributed by atoms with E-state index in [1.165, 1.54) is 0 Å². The van der Waals surface area contributed by atoms with Crippen LogP contribution >= 0.6 is 0 Å². The van der Waals surface area contributed by atoms with Crippen molar-refractivity contribution in [1.82, 2.24) is 10.2 Å². The quantitative estimate of drug-likeness (QED) is 0.801. The minimum Gasteiger partial charge on any atom is -0.317 e. The van der Waals surface area contributed by atoms with Crippen molar-refractivity contribution in [2.75, 3.05) is 19.6 Å². The topological polar surface area (TPSA) is 49.4 Å². The number of amides is 2. The molecule has 2 aliphatic heterocycles. The maximum absolute atomic E-state index is 12.6. The van der Waals surface area contributed by atoms with Gasteiger partial charge < -0.3 is 5.32 Å². The summed E-state index contributed by atoms with van der Waals surface area (Å²) in [6, 6.07) is 0. The molecule has 3 fully saturated rings. The number of nitrogens with zero attached hydrogens (tertiary/aromatic N) is 1. The van der Waals surface area contributed by atoms with Crippen LogP contribution in [0.1, 0.15) is 46.0 Å². The van der Waals surface area contributed by atoms with Crippen LogP contribution in [0, 0.1) is 23.2 Å². The van der Waals surface area contributed by atoms with Gasteiger partial charge in [0.1, 0.15) is 0 Å². The van der Waals surface area contributed by atoms with Crippen LogP contribution in [-0.2, 0) is 9.59 Å². The van der Waals surface area contributed by atoms with E-state index in [0.717, 1.165) is 45.2 Å². The van der Waals surface area contributed by atoms with Crippen LogP contribution < -0.4 is 5.32 Å². The third kappa shape index (κ3) is 2.28. The van der Waals surface area contributed by atoms with Crippen molar-refractivity contribution >= 4 is 11.8 Å². The summed E-state index contributed by atoms with van der Waals surface area (Å²) in [6.07, 6.45) is 5.06. The maximum atomic E-state index is 12.6. The zero-order valence-electron chi connectivity index (χ0n) is 12.7. The average molecular weight is 278 g/mol. The Hall–Kier alpha value is -0.900. The van der Waals surface area contributed by atoms with Crippen molar-refractivity contribution in [3.05, 3.63) is 0 Å². The first-order chi connectivity index (χ1) is 9.54. The van der Waals surface area contributed by atoms with Crippen LogP contribution in [0.3, 0.4) is 0 Å². The van der Waals surface area contributed by atoms with Crippen molar-refractivity contribution in [3.8, 4) is 0 Å². The number of piperidine rings is 1. The Balaban J connectivity index is 1.70. The summed E-state index contributed by atoms with van der Waals surface area (Å²) in [5.41, 5.74) is 0.110. The highest BCUT2D eigenvalue weighted by Gasteiger charge is 2.53. The van der Waals surface area contributed by atoms with Crippen LogP contribution in [-0.4, -0.2) is 36.3 Å². The van der Waals surface area contributed by atoms with Gasteiger partial charge in [0.25, 0.3) is 0 Å². The number of imide groups is 1. The summed E-state index contributed by atoms with van der Waals surface area (Å²) < 4.78 is 0. The second kappa shape index (κ2) is 5.14. The van der Waals surface area contributed by atoms with Gasteiger partial charge in [-0.25, -0.2) is 0 Å². The van der Waals surface area contributed by atoms with Gasteiger partial charge in [0.15, 0.2) is 0 Å². The molecule has 2 amide bonds. The molecule has 2 saturated heterocycles. The van der Waals surface area contributed by atoms with Crippen molar-refractivity contribution < 1.29 is 9.59 Å². The lowest BCUT2D eigenvalue weighted by molar-refractivity contribution is -0.142. The Bertz CT molecular complexity index is 391. The van der Waals surface area contributed by atoms with E-state index >= 15 is 0 Å². The van der Waals surface area contributed by atoms with Gasteiger partial charge in [-0.1, -0.05) is 20.3 Å². The SMILES string of the molecule is CCC1CC2C(=O)N(CC3(C)CCNCC3)C(=O)C2C1. The number of nitrogens with one attached hydrogen (secondary N) is 1. The molecule has 20 heavy (non-hydrogen) atoms. The largest absolute Gasteiger partial charge is 0.317 e. The lowest BCUT2D eigenvalue weighted by Crippen LogP contribution is -2.45. The minimum absolute atomic E-state index is 0.00207. The molecule has 3 aliphatic rings. The van der Waals surface area contributed by atoms with Crippen LogP contribution in [0.25, 0.3) is 0 Å². The molecule has 2 unspecified atom stereocenters. The Kier molecular flexibility index (Phi) is 3.61. The average Bonchev–Trinajstić information content (AvgIpc) is 2.95. The summed E-state index contributed by atoms with van der Waals surface area (Å²) >= 11 is 0. The number of likely N-dealkylation sites (tertiary alicyclic amines) is 1. The minimum atomic E-state index is -0.00207. The van der Waals surface area contributed by atoms with Crippen LogP contribution in [0.15, 0.2) is 0 Å². The zero-order valence-corrected chi connectivity index (χ0v) is 12.7. The normalized spacial score (nSPS) is 36.5. The molecule has 1 saturated carbocycles. The molecule has 0 spiro atoms. The molecule has 2 heterocycles. The van der Waals surface area contributed by atoms with E-state index in [2.05, 4.69) is 19.2 Å². The van der Waals surface area contributed by atoms with E-state index in [4.69, 9.17) is 0 Å². The predicted octanol–water partition coefficient (Wildman–Crippen LogP) is 1.80. The summed E-state index contributed by atoms with van der Waals surface area (Å²) in [6.45, 7) is 7.01. The van der Waals surface area contributed by atoms with Crippen molar-refractivity contribution in [1.29, 1.82) is 0 Å². The monoisotopic (exact) mass is 278 g/mol. The molecule has 0 radical (unpaired) electrons. The van der Waals surface area contributed by atoms with Gasteiger partial charge in [-0.15, -0.1) is 0 Å². The molecule has 4 heteroatoms. The fourth-order valence-corrected chi connectivity index (χ4v) is 4.26. The van der Waals surface area contributed by atoms with E-state index in [0.29, 0.717) is 12.5 Å². The summed E-state index contributed by atoms with van der Waals surface area (Å²) in [5, 5.41) is 3.35. The highest BCUT2D eigenvalue weighted by molar-refractivity contribution is 6.05. The molecule has 0 aromatic heterocycles. The van der Waals surface area contributed by atoms with Gasteiger partial charge in [0.2, 0.25) is 11.8 Å². The number of hydrogen-bond acceptors (Lipinski definition) is 3. The van der Waals surface area contributed by atoms with Crippen LogP contribution in [0.5, 0.6) is 0 Å². The molecular weight excluding hydrogens is 252 g/mol. The van der Waals surface area contributed by atoms with Crippen molar-refractivity contribution in [2.24, 2.45) is 23.2 Å². The number of fused-ring (bicyclic) bond motifs is 1. The molecule has 0 aromatic rings. The van der Waals surface area contributed by atoms with Gasteiger partial charge in [0.05, 0.1) is 11.8 Å². The Morgan fingerprint density at radius 2 is 1.70 bits per heavy atom. The summed E-state index contributed by atoms with van der Waals surface area (Å²) in [4.78, 5) is 26.7. The molecule has 112 valence electrons. The lowest BCUT2D eigenvalue weighted by atomic mass is 9.80. The number of carbonyl (C=O) groups excluding carboxylic acids is 2. The standard InChI is InChI=1S/C16H26N2O2/c1-3-11-8-12-13(9-11)15(20)18(14(12)19)10-16(2)4-6-17-7-5-16/h11-13,17H,3-10H2,1-2H3. The molecule has 2 atom stereocenters. The van der Waals surface area contributed by atoms with Crippen molar-refractivity contribution in [2.45, 2.75) is 46.0 Å². The molecular formula is C16H26N2O2. The molecule has 3 rings (SSSR count). The molecule has 0 bridgehead atoms. The third-order valence-corrected chi connectivity index (χ3v) is 5.75. The van der Waals surface area contributed by atoms with Crippen molar-refractivity contribution in [3.63, 3.8) is 0 Å². The van der Waals surface area contributed by atoms with E-state index in [-0.39, 0.29) is 29.1 Å². The fraction of sp³-hybridized carbons (Fsp3) is 0.875. The molecule has 0 aromatic carbocycles. The Morgan fingerprint density at radius 3 is 2.20 bits per heavy atom. The highest BCUT2D eigenvalue weighted by atomic mass is 16.2. The maximum Gasteiger partial charge on any atom is 0.233 e. The molecule has 1 N–H and O–H groups in total. The van der Waals surface area contributed by atoms with E-state index in [1.807, 2.05) is 0 Å². The second-order valence-corrected chi connectivity index (χ2v) is 7.28. The molecule has 1 aliphatic carbocycles. The van der Waals surface area contributed by atoms with Crippen LogP contribution in [0.4, 0.5) is 0 Å². The number of rotatable bonds is 3. The smallest absolute Gasteiger partial charge is 0.233 e. The van der Waals surface area contributed by atoms with E-state index in [9.17, 15) is 9.59 Å². The third-order valence-electron chi connectivity index (χ3n) is 5.75. The first kappa shape index (κ1) is 14.1. The predicted molar refractivity (Wildman–Crippen MR) is 76.9 cm³/mol. The van der Waals surface area contributed by atoms with Gasteiger partial charge in [0, 0.05) is 6.54 Å². The van der Waals surface area contributed by atoms with E-state index < -0.39 is 0 Å². The fourth-order valence-electron chi connectivity index (χ4n) is 4.26. The highest BCUT2D eigenvalue weighted by Crippen LogP contribution is 2.45. The Morgan fingerprint density at radius 1 is 1.15 bits per heavy atom. The number of hydrogen-bond donors (Lipinski definition) is 1. The molecule has 4 nitrogen and oxygen atoms in total. The lowest BCUT2D eigenvalue weighted by Gasteiger charge is -2.37. The van der Waals surface area contributed by atoms with Crippen LogP contribution in [0.2, 0.25) is 0 Å². The first-order valence-electron chi connectivity index (χ1n) is 8.10. The van der Waals surface area contributed by atoms with Gasteiger partial charge in [-0.3, -0.25) is 14.5 Å². The van der Waals surface area contributed by atoms with Gasteiger partial charge >= 0.3 is 0 Å². The first-order valence-corrected chi connectivity index (χ1v) is 8.10. The zero-order chi connectivity index (χ0) is 14.3. The summed E-state index contributed by atoms with van der Waals surface area (Å²) in [7, 11) is 0. The Labute approximate surface area is 121 Å². The van der Waals surface area contributed by atoms with Gasteiger partial charge in [-0.2, -0.15) is 0 Å². The second-order valence-electron chi connectivity index (χ2n) is 7.28.